The Hall–Kier alpha value is -1.68. The van der Waals surface area contributed by atoms with Crippen molar-refractivity contribution in [3.63, 3.8) is 0 Å². The van der Waals surface area contributed by atoms with E-state index < -0.39 is 0 Å². The molecule has 0 fully saturated rings. The molecule has 2 N–H and O–H groups in total. The Morgan fingerprint density at radius 1 is 1.52 bits per heavy atom. The number of aliphatic hydroxyl groups is 1. The average molecular weight is 320 g/mol. The zero-order chi connectivity index (χ0) is 15.4. The van der Waals surface area contributed by atoms with Crippen molar-refractivity contribution in [3.8, 4) is 11.8 Å². The van der Waals surface area contributed by atoms with E-state index in [0.717, 1.165) is 16.1 Å². The minimum atomic E-state index is -0.185. The van der Waals surface area contributed by atoms with Gasteiger partial charge in [0.15, 0.2) is 5.13 Å². The lowest BCUT2D eigenvalue weighted by atomic mass is 10.2. The molecule has 0 saturated heterocycles. The maximum Gasteiger partial charge on any atom is 0.267 e. The number of anilines is 1. The van der Waals surface area contributed by atoms with Crippen LogP contribution < -0.4 is 5.32 Å². The number of thiophene rings is 1. The molecule has 1 amide bonds. The fraction of sp³-hybridized carbons (Fsp3) is 0.333. The Kier molecular flexibility index (Phi) is 5.12. The van der Waals surface area contributed by atoms with Gasteiger partial charge in [-0.25, -0.2) is 4.98 Å². The van der Waals surface area contributed by atoms with Gasteiger partial charge in [0.1, 0.15) is 6.61 Å². The molecule has 0 atom stereocenters. The SMILES string of the molecule is Cc1cc(C(=O)Nc2nc(C(C)C)cs2)sc1C#CCO. The number of nitrogens with one attached hydrogen (secondary N) is 1. The fourth-order valence-electron chi connectivity index (χ4n) is 1.61. The first-order chi connectivity index (χ1) is 10.0. The van der Waals surface area contributed by atoms with Crippen molar-refractivity contribution in [2.24, 2.45) is 0 Å². The van der Waals surface area contributed by atoms with E-state index in [1.807, 2.05) is 12.3 Å². The van der Waals surface area contributed by atoms with E-state index in [-0.39, 0.29) is 12.5 Å². The molecule has 4 nitrogen and oxygen atoms in total. The number of aryl methyl sites for hydroxylation is 1. The first-order valence-corrected chi connectivity index (χ1v) is 8.17. The number of rotatable bonds is 3. The van der Waals surface area contributed by atoms with Gasteiger partial charge in [-0.2, -0.15) is 0 Å². The largest absolute Gasteiger partial charge is 0.384 e. The number of aliphatic hydroxyl groups excluding tert-OH is 1. The number of hydrogen-bond acceptors (Lipinski definition) is 5. The highest BCUT2D eigenvalue weighted by Crippen LogP contribution is 2.25. The minimum absolute atomic E-state index is 0.176. The quantitative estimate of drug-likeness (QED) is 0.854. The standard InChI is InChI=1S/C15H16N2O2S2/c1-9(2)11-8-20-15(16-11)17-14(19)13-7-10(3)12(21-13)5-4-6-18/h7-9,18H,6H2,1-3H3,(H,16,17,19). The molecule has 2 rings (SSSR count). The summed E-state index contributed by atoms with van der Waals surface area (Å²) in [6.45, 7) is 5.84. The van der Waals surface area contributed by atoms with Gasteiger partial charge >= 0.3 is 0 Å². The fourth-order valence-corrected chi connectivity index (χ4v) is 3.41. The number of thiazole rings is 1. The normalized spacial score (nSPS) is 10.3. The van der Waals surface area contributed by atoms with E-state index in [4.69, 9.17) is 5.11 Å². The predicted octanol–water partition coefficient (Wildman–Crippen LogP) is 3.23. The van der Waals surface area contributed by atoms with E-state index in [1.54, 1.807) is 6.07 Å². The van der Waals surface area contributed by atoms with Crippen molar-refractivity contribution < 1.29 is 9.90 Å². The summed E-state index contributed by atoms with van der Waals surface area (Å²) in [7, 11) is 0. The molecule has 0 radical (unpaired) electrons. The van der Waals surface area contributed by atoms with Crippen molar-refractivity contribution in [2.45, 2.75) is 26.7 Å². The van der Waals surface area contributed by atoms with E-state index in [2.05, 4.69) is 36.0 Å². The zero-order valence-electron chi connectivity index (χ0n) is 12.1. The Morgan fingerprint density at radius 2 is 2.29 bits per heavy atom. The molecule has 0 aliphatic heterocycles. The first-order valence-electron chi connectivity index (χ1n) is 6.48. The highest BCUT2D eigenvalue weighted by molar-refractivity contribution is 7.15. The summed E-state index contributed by atoms with van der Waals surface area (Å²) in [5, 5.41) is 14.1. The molecule has 6 heteroatoms. The van der Waals surface area contributed by atoms with Gasteiger partial charge in [0.2, 0.25) is 0 Å². The second-order valence-corrected chi connectivity index (χ2v) is 6.68. The lowest BCUT2D eigenvalue weighted by molar-refractivity contribution is 0.103. The predicted molar refractivity (Wildman–Crippen MR) is 87.2 cm³/mol. The van der Waals surface area contributed by atoms with Crippen molar-refractivity contribution in [3.05, 3.63) is 32.5 Å². The average Bonchev–Trinajstić information content (AvgIpc) is 3.03. The summed E-state index contributed by atoms with van der Waals surface area (Å²) >= 11 is 2.75. The van der Waals surface area contributed by atoms with Crippen LogP contribution in [0, 0.1) is 18.8 Å². The number of amides is 1. The smallest absolute Gasteiger partial charge is 0.267 e. The molecular formula is C15H16N2O2S2. The summed E-state index contributed by atoms with van der Waals surface area (Å²) in [6.07, 6.45) is 0. The molecule has 2 heterocycles. The van der Waals surface area contributed by atoms with E-state index in [9.17, 15) is 4.79 Å². The number of hydrogen-bond donors (Lipinski definition) is 2. The summed E-state index contributed by atoms with van der Waals surface area (Å²) < 4.78 is 0. The Balaban J connectivity index is 2.12. The molecule has 21 heavy (non-hydrogen) atoms. The van der Waals surface area contributed by atoms with Gasteiger partial charge in [-0.15, -0.1) is 22.7 Å². The Bertz CT molecular complexity index is 705. The number of aromatic nitrogens is 1. The van der Waals surface area contributed by atoms with Gasteiger partial charge in [-0.1, -0.05) is 25.7 Å². The Morgan fingerprint density at radius 3 is 2.90 bits per heavy atom. The molecule has 0 saturated carbocycles. The van der Waals surface area contributed by atoms with Crippen LogP contribution in [0.15, 0.2) is 11.4 Å². The maximum absolute atomic E-state index is 12.2. The van der Waals surface area contributed by atoms with Gasteiger partial charge in [-0.3, -0.25) is 10.1 Å². The third-order valence-electron chi connectivity index (χ3n) is 2.76. The molecule has 2 aromatic rings. The highest BCUT2D eigenvalue weighted by Gasteiger charge is 2.14. The van der Waals surface area contributed by atoms with Crippen molar-refractivity contribution >= 4 is 33.7 Å². The summed E-state index contributed by atoms with van der Waals surface area (Å²) in [4.78, 5) is 18.0. The third-order valence-corrected chi connectivity index (χ3v) is 4.68. The van der Waals surface area contributed by atoms with Gasteiger partial charge in [0.05, 0.1) is 15.4 Å². The van der Waals surface area contributed by atoms with Crippen LogP contribution >= 0.6 is 22.7 Å². The molecule has 0 bridgehead atoms. The highest BCUT2D eigenvalue weighted by atomic mass is 32.1. The lowest BCUT2D eigenvalue weighted by Gasteiger charge is -1.99. The van der Waals surface area contributed by atoms with Crippen molar-refractivity contribution in [1.29, 1.82) is 0 Å². The van der Waals surface area contributed by atoms with Crippen LogP contribution in [0.2, 0.25) is 0 Å². The third kappa shape index (κ3) is 3.91. The monoisotopic (exact) mass is 320 g/mol. The van der Waals surface area contributed by atoms with Crippen LogP contribution in [0.5, 0.6) is 0 Å². The molecule has 0 aliphatic carbocycles. The molecule has 2 aromatic heterocycles. The number of nitrogens with zero attached hydrogens (tertiary/aromatic N) is 1. The van der Waals surface area contributed by atoms with E-state index >= 15 is 0 Å². The second kappa shape index (κ2) is 6.85. The van der Waals surface area contributed by atoms with Crippen LogP contribution in [0.3, 0.4) is 0 Å². The number of carbonyl (C=O) groups excluding carboxylic acids is 1. The van der Waals surface area contributed by atoms with Gasteiger partial charge in [0, 0.05) is 5.38 Å². The first kappa shape index (κ1) is 15.7. The zero-order valence-corrected chi connectivity index (χ0v) is 13.7. The molecule has 0 spiro atoms. The van der Waals surface area contributed by atoms with Crippen molar-refractivity contribution in [1.82, 2.24) is 4.98 Å². The lowest BCUT2D eigenvalue weighted by Crippen LogP contribution is -2.10. The summed E-state index contributed by atoms with van der Waals surface area (Å²) in [5.41, 5.74) is 1.92. The maximum atomic E-state index is 12.2. The van der Waals surface area contributed by atoms with Gasteiger partial charge < -0.3 is 5.11 Å². The second-order valence-electron chi connectivity index (χ2n) is 4.77. The van der Waals surface area contributed by atoms with Gasteiger partial charge in [0.25, 0.3) is 5.91 Å². The summed E-state index contributed by atoms with van der Waals surface area (Å²) in [5.74, 6) is 5.61. The molecule has 0 aromatic carbocycles. The van der Waals surface area contributed by atoms with Crippen LogP contribution in [-0.2, 0) is 0 Å². The number of carbonyl (C=O) groups is 1. The van der Waals surface area contributed by atoms with Crippen LogP contribution in [0.25, 0.3) is 0 Å². The van der Waals surface area contributed by atoms with Crippen LogP contribution in [-0.4, -0.2) is 22.6 Å². The molecule has 110 valence electrons. The summed E-state index contributed by atoms with van der Waals surface area (Å²) in [6, 6.07) is 1.80. The molecule has 0 aliphatic rings. The van der Waals surface area contributed by atoms with E-state index in [1.165, 1.54) is 22.7 Å². The van der Waals surface area contributed by atoms with Crippen LogP contribution in [0.1, 0.15) is 45.6 Å². The molecular weight excluding hydrogens is 304 g/mol. The van der Waals surface area contributed by atoms with E-state index in [0.29, 0.717) is 15.9 Å². The minimum Gasteiger partial charge on any atom is -0.384 e. The van der Waals surface area contributed by atoms with Gasteiger partial charge in [-0.05, 0) is 24.5 Å². The van der Waals surface area contributed by atoms with Crippen molar-refractivity contribution in [2.75, 3.05) is 11.9 Å². The topological polar surface area (TPSA) is 62.2 Å². The molecule has 0 unspecified atom stereocenters. The Labute approximate surface area is 131 Å². The van der Waals surface area contributed by atoms with Crippen LogP contribution in [0.4, 0.5) is 5.13 Å².